The average Bonchev–Trinajstić information content (AvgIpc) is 2.47. The van der Waals surface area contributed by atoms with E-state index in [0.29, 0.717) is 12.5 Å². The standard InChI is InChI=1S/C17H18N2O/c18-17(20)11-12-6-8-16-14(10-12)7-9-15(19-16)13-4-2-1-3-5-13/h1-6,8,10,15,19H,7,9,11H2,(H2,18,20). The van der Waals surface area contributed by atoms with Crippen LogP contribution >= 0.6 is 0 Å². The molecule has 3 rings (SSSR count). The molecule has 1 heterocycles. The Hall–Kier alpha value is -2.29. The van der Waals surface area contributed by atoms with Crippen LogP contribution in [0.2, 0.25) is 0 Å². The van der Waals surface area contributed by atoms with E-state index in [2.05, 4.69) is 41.7 Å². The molecule has 1 atom stereocenters. The van der Waals surface area contributed by atoms with Crippen LogP contribution in [-0.4, -0.2) is 5.91 Å². The summed E-state index contributed by atoms with van der Waals surface area (Å²) in [4.78, 5) is 11.0. The summed E-state index contributed by atoms with van der Waals surface area (Å²) in [5.74, 6) is -0.282. The number of hydrogen-bond acceptors (Lipinski definition) is 2. The van der Waals surface area contributed by atoms with Gasteiger partial charge in [0.1, 0.15) is 0 Å². The van der Waals surface area contributed by atoms with Crippen LogP contribution in [0.25, 0.3) is 0 Å². The van der Waals surface area contributed by atoms with Gasteiger partial charge in [-0.1, -0.05) is 42.5 Å². The molecular formula is C17H18N2O. The van der Waals surface area contributed by atoms with E-state index in [1.54, 1.807) is 0 Å². The molecule has 0 radical (unpaired) electrons. The van der Waals surface area contributed by atoms with Gasteiger partial charge in [-0.3, -0.25) is 4.79 Å². The van der Waals surface area contributed by atoms with Gasteiger partial charge in [0.25, 0.3) is 0 Å². The number of benzene rings is 2. The van der Waals surface area contributed by atoms with Crippen LogP contribution in [0.1, 0.15) is 29.2 Å². The number of rotatable bonds is 3. The molecule has 1 aliphatic rings. The minimum atomic E-state index is -0.282. The SMILES string of the molecule is NC(=O)Cc1ccc2c(c1)CCC(c1ccccc1)N2. The lowest BCUT2D eigenvalue weighted by molar-refractivity contribution is -0.117. The molecule has 20 heavy (non-hydrogen) atoms. The molecule has 1 unspecified atom stereocenters. The fraction of sp³-hybridized carbons (Fsp3) is 0.235. The number of hydrogen-bond donors (Lipinski definition) is 2. The van der Waals surface area contributed by atoms with Gasteiger partial charge in [0.15, 0.2) is 0 Å². The fourth-order valence-corrected chi connectivity index (χ4v) is 2.80. The quantitative estimate of drug-likeness (QED) is 0.897. The lowest BCUT2D eigenvalue weighted by Crippen LogP contribution is -2.19. The third-order valence-corrected chi connectivity index (χ3v) is 3.78. The number of carbonyl (C=O) groups is 1. The van der Waals surface area contributed by atoms with E-state index < -0.39 is 0 Å². The predicted octanol–water partition coefficient (Wildman–Crippen LogP) is 2.81. The van der Waals surface area contributed by atoms with Gasteiger partial charge in [-0.2, -0.15) is 0 Å². The Labute approximate surface area is 118 Å². The van der Waals surface area contributed by atoms with Gasteiger partial charge in [0, 0.05) is 5.69 Å². The maximum atomic E-state index is 11.0. The minimum Gasteiger partial charge on any atom is -0.378 e. The molecule has 102 valence electrons. The van der Waals surface area contributed by atoms with Gasteiger partial charge in [0.2, 0.25) is 5.91 Å². The highest BCUT2D eigenvalue weighted by Gasteiger charge is 2.19. The second kappa shape index (κ2) is 5.37. The van der Waals surface area contributed by atoms with Gasteiger partial charge >= 0.3 is 0 Å². The number of fused-ring (bicyclic) bond motifs is 1. The molecule has 2 aromatic rings. The number of nitrogens with one attached hydrogen (secondary N) is 1. The third kappa shape index (κ3) is 2.67. The Kier molecular flexibility index (Phi) is 3.42. The summed E-state index contributed by atoms with van der Waals surface area (Å²) in [5.41, 5.74) is 10.00. The van der Waals surface area contributed by atoms with Crippen molar-refractivity contribution in [2.45, 2.75) is 25.3 Å². The van der Waals surface area contributed by atoms with Crippen molar-refractivity contribution in [2.24, 2.45) is 5.73 Å². The van der Waals surface area contributed by atoms with Crippen LogP contribution in [0, 0.1) is 0 Å². The van der Waals surface area contributed by atoms with Crippen molar-refractivity contribution in [3.8, 4) is 0 Å². The van der Waals surface area contributed by atoms with Crippen LogP contribution < -0.4 is 11.1 Å². The molecule has 2 aromatic carbocycles. The van der Waals surface area contributed by atoms with Crippen molar-refractivity contribution in [2.75, 3.05) is 5.32 Å². The highest BCUT2D eigenvalue weighted by molar-refractivity contribution is 5.77. The Morgan fingerprint density at radius 2 is 2.00 bits per heavy atom. The summed E-state index contributed by atoms with van der Waals surface area (Å²) in [6.45, 7) is 0. The zero-order valence-corrected chi connectivity index (χ0v) is 11.3. The monoisotopic (exact) mass is 266 g/mol. The molecule has 0 aliphatic carbocycles. The first-order chi connectivity index (χ1) is 9.72. The number of carbonyl (C=O) groups excluding carboxylic acids is 1. The molecule has 3 N–H and O–H groups in total. The van der Waals surface area contributed by atoms with Gasteiger partial charge in [-0.05, 0) is 35.6 Å². The second-order valence-electron chi connectivity index (χ2n) is 5.28. The smallest absolute Gasteiger partial charge is 0.221 e. The zero-order valence-electron chi connectivity index (χ0n) is 11.3. The Morgan fingerprint density at radius 3 is 2.75 bits per heavy atom. The summed E-state index contributed by atoms with van der Waals surface area (Å²) in [7, 11) is 0. The van der Waals surface area contributed by atoms with E-state index >= 15 is 0 Å². The van der Waals surface area contributed by atoms with E-state index in [1.807, 2.05) is 12.1 Å². The largest absolute Gasteiger partial charge is 0.378 e. The van der Waals surface area contributed by atoms with Crippen LogP contribution in [0.4, 0.5) is 5.69 Å². The van der Waals surface area contributed by atoms with Crippen molar-refractivity contribution in [3.05, 3.63) is 65.2 Å². The highest BCUT2D eigenvalue weighted by atomic mass is 16.1. The fourth-order valence-electron chi connectivity index (χ4n) is 2.80. The summed E-state index contributed by atoms with van der Waals surface area (Å²) in [5, 5.41) is 3.58. The molecule has 1 aliphatic heterocycles. The van der Waals surface area contributed by atoms with Crippen LogP contribution in [0.3, 0.4) is 0 Å². The normalized spacial score (nSPS) is 17.1. The molecule has 0 fully saturated rings. The Bertz CT molecular complexity index is 622. The summed E-state index contributed by atoms with van der Waals surface area (Å²) < 4.78 is 0. The molecule has 3 heteroatoms. The number of aryl methyl sites for hydroxylation is 1. The average molecular weight is 266 g/mol. The van der Waals surface area contributed by atoms with Gasteiger partial charge in [-0.15, -0.1) is 0 Å². The van der Waals surface area contributed by atoms with E-state index in [1.165, 1.54) is 16.8 Å². The first kappa shape index (κ1) is 12.7. The van der Waals surface area contributed by atoms with E-state index in [4.69, 9.17) is 5.73 Å². The van der Waals surface area contributed by atoms with E-state index in [-0.39, 0.29) is 5.91 Å². The van der Waals surface area contributed by atoms with Gasteiger partial charge < -0.3 is 11.1 Å². The van der Waals surface area contributed by atoms with Crippen molar-refractivity contribution in [3.63, 3.8) is 0 Å². The maximum absolute atomic E-state index is 11.0. The van der Waals surface area contributed by atoms with Gasteiger partial charge in [0.05, 0.1) is 12.5 Å². The molecule has 3 nitrogen and oxygen atoms in total. The maximum Gasteiger partial charge on any atom is 0.221 e. The van der Waals surface area contributed by atoms with Crippen molar-refractivity contribution >= 4 is 11.6 Å². The molecular weight excluding hydrogens is 248 g/mol. The lowest BCUT2D eigenvalue weighted by Gasteiger charge is -2.28. The third-order valence-electron chi connectivity index (χ3n) is 3.78. The summed E-state index contributed by atoms with van der Waals surface area (Å²) >= 11 is 0. The number of anilines is 1. The van der Waals surface area contributed by atoms with Crippen molar-refractivity contribution in [1.29, 1.82) is 0 Å². The van der Waals surface area contributed by atoms with Crippen LogP contribution in [0.15, 0.2) is 48.5 Å². The summed E-state index contributed by atoms with van der Waals surface area (Å²) in [6.07, 6.45) is 2.40. The van der Waals surface area contributed by atoms with E-state index in [9.17, 15) is 4.79 Å². The van der Waals surface area contributed by atoms with Crippen LogP contribution in [-0.2, 0) is 17.6 Å². The molecule has 0 spiro atoms. The topological polar surface area (TPSA) is 55.1 Å². The van der Waals surface area contributed by atoms with Gasteiger partial charge in [-0.25, -0.2) is 0 Å². The molecule has 0 aromatic heterocycles. The van der Waals surface area contributed by atoms with Crippen molar-refractivity contribution < 1.29 is 4.79 Å². The molecule has 0 bridgehead atoms. The minimum absolute atomic E-state index is 0.282. The number of primary amides is 1. The molecule has 0 saturated carbocycles. The number of amides is 1. The number of nitrogens with two attached hydrogens (primary N) is 1. The molecule has 1 amide bonds. The van der Waals surface area contributed by atoms with Crippen molar-refractivity contribution in [1.82, 2.24) is 0 Å². The predicted molar refractivity (Wildman–Crippen MR) is 80.5 cm³/mol. The zero-order chi connectivity index (χ0) is 13.9. The second-order valence-corrected chi connectivity index (χ2v) is 5.28. The first-order valence-corrected chi connectivity index (χ1v) is 6.94. The Balaban J connectivity index is 1.80. The van der Waals surface area contributed by atoms with Crippen LogP contribution in [0.5, 0.6) is 0 Å². The molecule has 0 saturated heterocycles. The highest BCUT2D eigenvalue weighted by Crippen LogP contribution is 2.33. The Morgan fingerprint density at radius 1 is 1.20 bits per heavy atom. The summed E-state index contributed by atoms with van der Waals surface area (Å²) in [6, 6.07) is 17.0. The first-order valence-electron chi connectivity index (χ1n) is 6.94. The lowest BCUT2D eigenvalue weighted by atomic mass is 9.92. The van der Waals surface area contributed by atoms with E-state index in [0.717, 1.165) is 18.4 Å².